The molecule has 1 fully saturated rings. The molecule has 0 aromatic carbocycles. The third-order valence-electron chi connectivity index (χ3n) is 4.89. The summed E-state index contributed by atoms with van der Waals surface area (Å²) in [6, 6.07) is 0. The Labute approximate surface area is 137 Å². The van der Waals surface area contributed by atoms with Gasteiger partial charge in [0.2, 0.25) is 0 Å². The van der Waals surface area contributed by atoms with Crippen LogP contribution in [0.5, 0.6) is 0 Å². The second kappa shape index (κ2) is 8.98. The van der Waals surface area contributed by atoms with Gasteiger partial charge in [0.05, 0.1) is 0 Å². The minimum atomic E-state index is 0.412. The van der Waals surface area contributed by atoms with Crippen LogP contribution in [0.1, 0.15) is 85.5 Å². The molecule has 0 saturated heterocycles. The molecule has 0 aromatic rings. The van der Waals surface area contributed by atoms with Crippen LogP contribution < -0.4 is 0 Å². The first-order valence-electron chi connectivity index (χ1n) is 8.62. The van der Waals surface area contributed by atoms with Gasteiger partial charge >= 0.3 is 0 Å². The fourth-order valence-corrected chi connectivity index (χ4v) is 5.63. The number of hydrogen-bond acceptors (Lipinski definition) is 2. The molecule has 0 atom stereocenters. The van der Waals surface area contributed by atoms with Gasteiger partial charge in [-0.2, -0.15) is 24.4 Å². The standard InChI is InChI=1S/C18H36S2/c1-17(2,15-18(3,4)20-14-10-13-19)16-11-8-6-5-7-9-12-16/h16,19H,5-15H2,1-4H3. The SMILES string of the molecule is CC(C)(CC(C)(C)C1CCCCCCC1)SCCCS. The van der Waals surface area contributed by atoms with Crippen molar-refractivity contribution in [2.24, 2.45) is 11.3 Å². The lowest BCUT2D eigenvalue weighted by Gasteiger charge is -2.41. The topological polar surface area (TPSA) is 0 Å². The van der Waals surface area contributed by atoms with E-state index in [4.69, 9.17) is 0 Å². The summed E-state index contributed by atoms with van der Waals surface area (Å²) >= 11 is 6.48. The van der Waals surface area contributed by atoms with Gasteiger partial charge in [0.15, 0.2) is 0 Å². The zero-order chi connectivity index (χ0) is 15.1. The fourth-order valence-electron chi connectivity index (χ4n) is 3.94. The Morgan fingerprint density at radius 2 is 1.50 bits per heavy atom. The second-order valence-corrected chi connectivity index (χ2v) is 10.1. The maximum absolute atomic E-state index is 4.33. The number of thiol groups is 1. The van der Waals surface area contributed by atoms with Gasteiger partial charge in [-0.25, -0.2) is 0 Å². The molecule has 0 aliphatic heterocycles. The van der Waals surface area contributed by atoms with Gasteiger partial charge < -0.3 is 0 Å². The molecule has 0 spiro atoms. The molecule has 0 amide bonds. The first-order chi connectivity index (χ1) is 9.37. The molecule has 0 bridgehead atoms. The zero-order valence-corrected chi connectivity index (χ0v) is 15.9. The van der Waals surface area contributed by atoms with E-state index in [0.29, 0.717) is 10.2 Å². The molecule has 1 saturated carbocycles. The molecule has 1 aliphatic carbocycles. The van der Waals surface area contributed by atoms with Crippen molar-refractivity contribution in [3.63, 3.8) is 0 Å². The average molecular weight is 317 g/mol. The summed E-state index contributed by atoms with van der Waals surface area (Å²) in [6.07, 6.45) is 12.8. The first-order valence-corrected chi connectivity index (χ1v) is 10.2. The van der Waals surface area contributed by atoms with Crippen molar-refractivity contribution in [3.05, 3.63) is 0 Å². The Morgan fingerprint density at radius 3 is 2.05 bits per heavy atom. The Hall–Kier alpha value is 0.700. The highest BCUT2D eigenvalue weighted by molar-refractivity contribution is 8.00. The zero-order valence-electron chi connectivity index (χ0n) is 14.2. The lowest BCUT2D eigenvalue weighted by molar-refractivity contribution is 0.146. The summed E-state index contributed by atoms with van der Waals surface area (Å²) in [5, 5.41) is 0. The number of hydrogen-bond donors (Lipinski definition) is 1. The Kier molecular flexibility index (Phi) is 8.42. The predicted octanol–water partition coefficient (Wildman–Crippen LogP) is 6.59. The fraction of sp³-hybridized carbons (Fsp3) is 1.00. The molecular formula is C18H36S2. The minimum Gasteiger partial charge on any atom is -0.179 e. The maximum atomic E-state index is 4.33. The van der Waals surface area contributed by atoms with E-state index in [0.717, 1.165) is 11.7 Å². The monoisotopic (exact) mass is 316 g/mol. The van der Waals surface area contributed by atoms with Crippen molar-refractivity contribution < 1.29 is 0 Å². The molecule has 120 valence electrons. The van der Waals surface area contributed by atoms with Crippen molar-refractivity contribution >= 4 is 24.4 Å². The van der Waals surface area contributed by atoms with Crippen molar-refractivity contribution in [2.45, 2.75) is 90.2 Å². The van der Waals surface area contributed by atoms with Gasteiger partial charge in [-0.05, 0) is 48.5 Å². The third-order valence-corrected chi connectivity index (χ3v) is 6.62. The van der Waals surface area contributed by atoms with Gasteiger partial charge in [0.25, 0.3) is 0 Å². The van der Waals surface area contributed by atoms with Crippen LogP contribution >= 0.6 is 24.4 Å². The normalized spacial score (nSPS) is 19.6. The van der Waals surface area contributed by atoms with Crippen LogP contribution in [0.3, 0.4) is 0 Å². The summed E-state index contributed by atoms with van der Waals surface area (Å²) in [7, 11) is 0. The highest BCUT2D eigenvalue weighted by atomic mass is 32.2. The van der Waals surface area contributed by atoms with Gasteiger partial charge in [-0.1, -0.05) is 59.8 Å². The number of thioether (sulfide) groups is 1. The second-order valence-electron chi connectivity index (χ2n) is 7.89. The van der Waals surface area contributed by atoms with Crippen LogP contribution in [0.4, 0.5) is 0 Å². The summed E-state index contributed by atoms with van der Waals surface area (Å²) in [4.78, 5) is 0. The minimum absolute atomic E-state index is 0.412. The van der Waals surface area contributed by atoms with E-state index >= 15 is 0 Å². The lowest BCUT2D eigenvalue weighted by Crippen LogP contribution is -2.33. The lowest BCUT2D eigenvalue weighted by atomic mass is 9.68. The summed E-state index contributed by atoms with van der Waals surface area (Å²) in [5.74, 6) is 3.22. The molecular weight excluding hydrogens is 280 g/mol. The van der Waals surface area contributed by atoms with E-state index in [-0.39, 0.29) is 0 Å². The van der Waals surface area contributed by atoms with E-state index in [1.807, 2.05) is 0 Å². The molecule has 1 rings (SSSR count). The Balaban J connectivity index is 2.52. The molecule has 0 heterocycles. The third kappa shape index (κ3) is 7.11. The predicted molar refractivity (Wildman–Crippen MR) is 99.2 cm³/mol. The maximum Gasteiger partial charge on any atom is 0.0108 e. The number of rotatable bonds is 7. The molecule has 0 aromatic heterocycles. The first kappa shape index (κ1) is 18.7. The smallest absolute Gasteiger partial charge is 0.0108 e. The van der Waals surface area contributed by atoms with Crippen molar-refractivity contribution in [1.29, 1.82) is 0 Å². The highest BCUT2D eigenvalue weighted by Crippen LogP contribution is 2.45. The molecule has 2 heteroatoms. The van der Waals surface area contributed by atoms with Crippen molar-refractivity contribution in [1.82, 2.24) is 0 Å². The molecule has 0 unspecified atom stereocenters. The molecule has 0 radical (unpaired) electrons. The van der Waals surface area contributed by atoms with Crippen LogP contribution in [-0.4, -0.2) is 16.3 Å². The molecule has 20 heavy (non-hydrogen) atoms. The van der Waals surface area contributed by atoms with Crippen molar-refractivity contribution in [2.75, 3.05) is 11.5 Å². The van der Waals surface area contributed by atoms with E-state index < -0.39 is 0 Å². The van der Waals surface area contributed by atoms with Crippen LogP contribution in [0, 0.1) is 11.3 Å². The van der Waals surface area contributed by atoms with Gasteiger partial charge in [-0.3, -0.25) is 0 Å². The molecule has 1 aliphatic rings. The Morgan fingerprint density at radius 1 is 0.950 bits per heavy atom. The Bertz CT molecular complexity index is 250. The van der Waals surface area contributed by atoms with E-state index in [2.05, 4.69) is 52.1 Å². The van der Waals surface area contributed by atoms with E-state index in [1.165, 1.54) is 63.5 Å². The van der Waals surface area contributed by atoms with Crippen molar-refractivity contribution in [3.8, 4) is 0 Å². The molecule has 0 nitrogen and oxygen atoms in total. The summed E-state index contributed by atoms with van der Waals surface area (Å²) in [6.45, 7) is 9.95. The van der Waals surface area contributed by atoms with E-state index in [1.54, 1.807) is 0 Å². The van der Waals surface area contributed by atoms with Gasteiger partial charge in [0, 0.05) is 4.75 Å². The largest absolute Gasteiger partial charge is 0.179 e. The molecule has 0 N–H and O–H groups in total. The average Bonchev–Trinajstić information content (AvgIpc) is 2.26. The quantitative estimate of drug-likeness (QED) is 0.408. The van der Waals surface area contributed by atoms with Gasteiger partial charge in [0.1, 0.15) is 0 Å². The van der Waals surface area contributed by atoms with Crippen LogP contribution in [-0.2, 0) is 0 Å². The van der Waals surface area contributed by atoms with Crippen LogP contribution in [0.2, 0.25) is 0 Å². The van der Waals surface area contributed by atoms with Gasteiger partial charge in [-0.15, -0.1) is 0 Å². The highest BCUT2D eigenvalue weighted by Gasteiger charge is 2.35. The summed E-state index contributed by atoms with van der Waals surface area (Å²) < 4.78 is 0.412. The van der Waals surface area contributed by atoms with Crippen LogP contribution in [0.15, 0.2) is 0 Å². The summed E-state index contributed by atoms with van der Waals surface area (Å²) in [5.41, 5.74) is 0.495. The van der Waals surface area contributed by atoms with Crippen LogP contribution in [0.25, 0.3) is 0 Å². The van der Waals surface area contributed by atoms with E-state index in [9.17, 15) is 0 Å².